The molecule has 40 heavy (non-hydrogen) atoms. The Balaban J connectivity index is 1.15. The topological polar surface area (TPSA) is 143 Å². The summed E-state index contributed by atoms with van der Waals surface area (Å²) < 4.78 is 1.46. The third kappa shape index (κ3) is 5.91. The zero-order chi connectivity index (χ0) is 28.6. The molecule has 1 aromatic heterocycles. The van der Waals surface area contributed by atoms with Crippen molar-refractivity contribution in [3.05, 3.63) is 52.6 Å². The number of nitrogens with one attached hydrogen (secondary N) is 1. The van der Waals surface area contributed by atoms with Crippen molar-refractivity contribution in [2.24, 2.45) is 29.2 Å². The molecule has 2 atom stereocenters. The maximum Gasteiger partial charge on any atom is 0.354 e. The van der Waals surface area contributed by atoms with Crippen molar-refractivity contribution in [3.8, 4) is 5.69 Å². The Morgan fingerprint density at radius 2 is 1.68 bits per heavy atom. The number of nitrogens with zero attached hydrogens (tertiary/aromatic N) is 5. The number of fused-ring (bicyclic) bond motifs is 2. The molecule has 2 bridgehead atoms. The van der Waals surface area contributed by atoms with E-state index in [1.165, 1.54) is 29.4 Å². The molecule has 4 aliphatic rings. The quantitative estimate of drug-likeness (QED) is 0.474. The standard InChI is InChI=1S/C29H42N8O3/c1-29(2,31)26(38)35-10-12-36(13-11-35)27(39)32-25-8-9-37(28(40)33-25)23-6-4-19(5-7-23)18-34(3)24-16-22(17-30)20-14-21(24)15-20/h4-9,20-22,24H,10-18,30-31H2,1-3H3,(H,32,33,39,40)/t20?,21?,22?,24-/m1/s1. The first-order valence-electron chi connectivity index (χ1n) is 14.3. The molecule has 0 radical (unpaired) electrons. The van der Waals surface area contributed by atoms with Crippen molar-refractivity contribution < 1.29 is 9.59 Å². The van der Waals surface area contributed by atoms with Gasteiger partial charge in [0.05, 0.1) is 11.2 Å². The lowest BCUT2D eigenvalue weighted by molar-refractivity contribution is -0.137. The summed E-state index contributed by atoms with van der Waals surface area (Å²) in [4.78, 5) is 47.7. The van der Waals surface area contributed by atoms with Gasteiger partial charge in [-0.1, -0.05) is 12.1 Å². The van der Waals surface area contributed by atoms with Gasteiger partial charge in [0.1, 0.15) is 5.82 Å². The molecule has 4 fully saturated rings. The average molecular weight is 551 g/mol. The van der Waals surface area contributed by atoms with Gasteiger partial charge in [0.2, 0.25) is 5.91 Å². The normalized spacial score (nSPS) is 24.6. The van der Waals surface area contributed by atoms with E-state index in [9.17, 15) is 14.4 Å². The number of hydrogen-bond acceptors (Lipinski definition) is 7. The fourth-order valence-corrected chi connectivity index (χ4v) is 6.48. The summed E-state index contributed by atoms with van der Waals surface area (Å²) in [6, 6.07) is 9.80. The van der Waals surface area contributed by atoms with Crippen LogP contribution in [0.4, 0.5) is 10.6 Å². The number of urea groups is 1. The van der Waals surface area contributed by atoms with Crippen LogP contribution >= 0.6 is 0 Å². The predicted molar refractivity (Wildman–Crippen MR) is 154 cm³/mol. The van der Waals surface area contributed by atoms with Crippen LogP contribution in [0.5, 0.6) is 0 Å². The molecule has 3 amide bonds. The third-order valence-corrected chi connectivity index (χ3v) is 8.93. The van der Waals surface area contributed by atoms with Gasteiger partial charge >= 0.3 is 11.7 Å². The van der Waals surface area contributed by atoms with Crippen molar-refractivity contribution in [3.63, 3.8) is 0 Å². The molecule has 3 aliphatic carbocycles. The SMILES string of the molecule is CN(Cc1ccc(-n2ccc(NC(=O)N3CCN(C(=O)C(C)(C)N)CC3)nc2=O)cc1)[C@@H]1CC(CN)C2CC1C2. The van der Waals surface area contributed by atoms with Crippen LogP contribution in [0.3, 0.4) is 0 Å². The third-order valence-electron chi connectivity index (χ3n) is 8.93. The first-order valence-corrected chi connectivity index (χ1v) is 14.3. The highest BCUT2D eigenvalue weighted by Gasteiger charge is 2.46. The smallest absolute Gasteiger partial charge is 0.338 e. The number of nitrogens with two attached hydrogens (primary N) is 2. The number of aromatic nitrogens is 2. The van der Waals surface area contributed by atoms with E-state index in [2.05, 4.69) is 34.4 Å². The summed E-state index contributed by atoms with van der Waals surface area (Å²) in [5.74, 6) is 2.32. The molecule has 2 heterocycles. The fraction of sp³-hybridized carbons (Fsp3) is 0.586. The number of hydrogen-bond donors (Lipinski definition) is 3. The lowest BCUT2D eigenvalue weighted by Gasteiger charge is -2.53. The van der Waals surface area contributed by atoms with Crippen LogP contribution in [0, 0.1) is 17.8 Å². The fourth-order valence-electron chi connectivity index (χ4n) is 6.48. The molecule has 3 saturated carbocycles. The van der Waals surface area contributed by atoms with Crippen LogP contribution in [0.2, 0.25) is 0 Å². The number of benzene rings is 1. The Morgan fingerprint density at radius 1 is 1.02 bits per heavy atom. The lowest BCUT2D eigenvalue weighted by atomic mass is 9.57. The zero-order valence-electron chi connectivity index (χ0n) is 23.8. The monoisotopic (exact) mass is 550 g/mol. The Morgan fingerprint density at radius 3 is 2.27 bits per heavy atom. The van der Waals surface area contributed by atoms with E-state index in [4.69, 9.17) is 11.5 Å². The molecule has 2 aromatic rings. The maximum absolute atomic E-state index is 12.8. The van der Waals surface area contributed by atoms with Crippen molar-refractivity contribution in [1.29, 1.82) is 0 Å². The van der Waals surface area contributed by atoms with Gasteiger partial charge in [-0.15, -0.1) is 0 Å². The van der Waals surface area contributed by atoms with E-state index in [0.717, 1.165) is 24.9 Å². The van der Waals surface area contributed by atoms with Crippen LogP contribution in [-0.2, 0) is 11.3 Å². The highest BCUT2D eigenvalue weighted by atomic mass is 16.2. The van der Waals surface area contributed by atoms with Crippen molar-refractivity contribution >= 4 is 17.8 Å². The highest BCUT2D eigenvalue weighted by molar-refractivity contribution is 5.89. The number of piperazine rings is 1. The van der Waals surface area contributed by atoms with E-state index in [1.54, 1.807) is 35.9 Å². The van der Waals surface area contributed by atoms with Gasteiger partial charge in [0, 0.05) is 45.0 Å². The van der Waals surface area contributed by atoms with Crippen LogP contribution < -0.4 is 22.5 Å². The molecular formula is C29H42N8O3. The minimum Gasteiger partial charge on any atom is -0.338 e. The van der Waals surface area contributed by atoms with Crippen LogP contribution in [0.15, 0.2) is 41.3 Å². The van der Waals surface area contributed by atoms with Crippen LogP contribution in [0.25, 0.3) is 5.69 Å². The zero-order valence-corrected chi connectivity index (χ0v) is 23.8. The Kier molecular flexibility index (Phi) is 7.98. The number of carbonyl (C=O) groups excluding carboxylic acids is 2. The van der Waals surface area contributed by atoms with Gasteiger partial charge in [-0.05, 0) is 88.2 Å². The molecule has 1 aliphatic heterocycles. The highest BCUT2D eigenvalue weighted by Crippen LogP contribution is 2.50. The van der Waals surface area contributed by atoms with Gasteiger partial charge in [-0.3, -0.25) is 19.6 Å². The van der Waals surface area contributed by atoms with E-state index in [0.29, 0.717) is 43.8 Å². The van der Waals surface area contributed by atoms with E-state index in [1.807, 2.05) is 12.1 Å². The molecule has 5 N–H and O–H groups in total. The molecule has 1 aromatic carbocycles. The van der Waals surface area contributed by atoms with Gasteiger partial charge in [0.25, 0.3) is 0 Å². The van der Waals surface area contributed by atoms with Gasteiger partial charge in [-0.2, -0.15) is 4.98 Å². The summed E-state index contributed by atoms with van der Waals surface area (Å²) in [5, 5.41) is 2.70. The van der Waals surface area contributed by atoms with Gasteiger partial charge in [-0.25, -0.2) is 9.59 Å². The number of rotatable bonds is 7. The summed E-state index contributed by atoms with van der Waals surface area (Å²) in [6.07, 6.45) is 5.43. The Labute approximate surface area is 235 Å². The molecule has 6 rings (SSSR count). The number of amides is 3. The molecule has 11 nitrogen and oxygen atoms in total. The summed E-state index contributed by atoms with van der Waals surface area (Å²) >= 11 is 0. The molecule has 1 unspecified atom stereocenters. The number of carbonyl (C=O) groups is 2. The first-order chi connectivity index (χ1) is 19.0. The van der Waals surface area contributed by atoms with Gasteiger partial charge < -0.3 is 21.3 Å². The summed E-state index contributed by atoms with van der Waals surface area (Å²) in [5.41, 5.74) is 12.4. The molecule has 1 saturated heterocycles. The second-order valence-electron chi connectivity index (χ2n) is 12.3. The summed E-state index contributed by atoms with van der Waals surface area (Å²) in [6.45, 7) is 6.55. The lowest BCUT2D eigenvalue weighted by Crippen LogP contribution is -2.58. The minimum absolute atomic E-state index is 0.140. The largest absolute Gasteiger partial charge is 0.354 e. The van der Waals surface area contributed by atoms with E-state index in [-0.39, 0.29) is 17.8 Å². The van der Waals surface area contributed by atoms with Crippen molar-refractivity contribution in [2.45, 2.75) is 51.2 Å². The first kappa shape index (κ1) is 28.3. The predicted octanol–water partition coefficient (Wildman–Crippen LogP) is 1.45. The van der Waals surface area contributed by atoms with Gasteiger partial charge in [0.15, 0.2) is 0 Å². The Bertz CT molecular complexity index is 1270. The van der Waals surface area contributed by atoms with Crippen molar-refractivity contribution in [1.82, 2.24) is 24.3 Å². The number of anilines is 1. The Hall–Kier alpha value is -3.28. The maximum atomic E-state index is 12.8. The molecule has 216 valence electrons. The minimum atomic E-state index is -0.946. The van der Waals surface area contributed by atoms with E-state index >= 15 is 0 Å². The van der Waals surface area contributed by atoms with E-state index < -0.39 is 11.2 Å². The van der Waals surface area contributed by atoms with Crippen LogP contribution in [0.1, 0.15) is 38.7 Å². The summed E-state index contributed by atoms with van der Waals surface area (Å²) in [7, 11) is 2.20. The molecule has 11 heteroatoms. The average Bonchev–Trinajstić information content (AvgIpc) is 2.92. The second-order valence-corrected chi connectivity index (χ2v) is 12.3. The molecular weight excluding hydrogens is 508 g/mol. The second kappa shape index (κ2) is 11.3. The molecule has 0 spiro atoms. The van der Waals surface area contributed by atoms with Crippen LogP contribution in [-0.4, -0.2) is 87.5 Å². The van der Waals surface area contributed by atoms with Crippen molar-refractivity contribution in [2.75, 3.05) is 45.1 Å².